The van der Waals surface area contributed by atoms with Crippen molar-refractivity contribution in [1.29, 1.82) is 0 Å². The minimum Gasteiger partial charge on any atom is -0.393 e. The van der Waals surface area contributed by atoms with Gasteiger partial charge in [-0.3, -0.25) is 4.79 Å². The standard InChI is InChI=1S/C12H19N3O2/c1-2-15-8-7-13-11(12(15)17)14-9-3-5-10(16)6-4-9/h7-10,16H,2-6H2,1H3,(H,13,14). The lowest BCUT2D eigenvalue weighted by atomic mass is 9.93. The van der Waals surface area contributed by atoms with Gasteiger partial charge in [0, 0.05) is 25.0 Å². The fourth-order valence-corrected chi connectivity index (χ4v) is 2.21. The molecule has 2 rings (SSSR count). The van der Waals surface area contributed by atoms with Crippen molar-refractivity contribution in [2.45, 2.75) is 51.3 Å². The summed E-state index contributed by atoms with van der Waals surface area (Å²) in [7, 11) is 0. The number of nitrogens with zero attached hydrogens (tertiary/aromatic N) is 2. The van der Waals surface area contributed by atoms with E-state index in [9.17, 15) is 9.90 Å². The van der Waals surface area contributed by atoms with Crippen molar-refractivity contribution in [3.63, 3.8) is 0 Å². The molecule has 5 nitrogen and oxygen atoms in total. The minimum absolute atomic E-state index is 0.0684. The van der Waals surface area contributed by atoms with Crippen molar-refractivity contribution in [3.05, 3.63) is 22.7 Å². The summed E-state index contributed by atoms with van der Waals surface area (Å²) >= 11 is 0. The van der Waals surface area contributed by atoms with E-state index in [4.69, 9.17) is 0 Å². The molecule has 1 aliphatic carbocycles. The van der Waals surface area contributed by atoms with E-state index in [0.717, 1.165) is 25.7 Å². The number of aryl methyl sites for hydroxylation is 1. The van der Waals surface area contributed by atoms with E-state index in [0.29, 0.717) is 12.4 Å². The normalized spacial score (nSPS) is 24.6. The second-order valence-corrected chi connectivity index (χ2v) is 4.52. The van der Waals surface area contributed by atoms with E-state index in [-0.39, 0.29) is 17.7 Å². The van der Waals surface area contributed by atoms with Crippen molar-refractivity contribution in [2.75, 3.05) is 5.32 Å². The third-order valence-corrected chi connectivity index (χ3v) is 3.29. The minimum atomic E-state index is -0.177. The number of nitrogens with one attached hydrogen (secondary N) is 1. The van der Waals surface area contributed by atoms with Crippen molar-refractivity contribution < 1.29 is 5.11 Å². The third-order valence-electron chi connectivity index (χ3n) is 3.29. The van der Waals surface area contributed by atoms with E-state index >= 15 is 0 Å². The number of rotatable bonds is 3. The highest BCUT2D eigenvalue weighted by Gasteiger charge is 2.20. The molecule has 0 aromatic carbocycles. The first-order valence-corrected chi connectivity index (χ1v) is 6.20. The van der Waals surface area contributed by atoms with Gasteiger partial charge in [0.15, 0.2) is 5.82 Å². The van der Waals surface area contributed by atoms with E-state index in [1.807, 2.05) is 6.92 Å². The van der Waals surface area contributed by atoms with E-state index in [2.05, 4.69) is 10.3 Å². The maximum absolute atomic E-state index is 11.9. The number of aromatic nitrogens is 2. The predicted octanol–water partition coefficient (Wildman–Crippen LogP) is 0.979. The second kappa shape index (κ2) is 5.31. The molecule has 1 aromatic heterocycles. The molecule has 0 amide bonds. The van der Waals surface area contributed by atoms with Gasteiger partial charge < -0.3 is 15.0 Å². The first-order valence-electron chi connectivity index (χ1n) is 6.20. The summed E-state index contributed by atoms with van der Waals surface area (Å²) in [5.41, 5.74) is -0.0684. The van der Waals surface area contributed by atoms with Crippen molar-refractivity contribution in [2.24, 2.45) is 0 Å². The smallest absolute Gasteiger partial charge is 0.293 e. The highest BCUT2D eigenvalue weighted by molar-refractivity contribution is 5.32. The molecule has 0 atom stereocenters. The summed E-state index contributed by atoms with van der Waals surface area (Å²) < 4.78 is 1.63. The summed E-state index contributed by atoms with van der Waals surface area (Å²) in [4.78, 5) is 16.0. The van der Waals surface area contributed by atoms with Gasteiger partial charge in [0.25, 0.3) is 5.56 Å². The Kier molecular flexibility index (Phi) is 3.78. The van der Waals surface area contributed by atoms with Crippen molar-refractivity contribution in [1.82, 2.24) is 9.55 Å². The molecule has 17 heavy (non-hydrogen) atoms. The van der Waals surface area contributed by atoms with Gasteiger partial charge in [0.1, 0.15) is 0 Å². The van der Waals surface area contributed by atoms with Crippen molar-refractivity contribution in [3.8, 4) is 0 Å². The fourth-order valence-electron chi connectivity index (χ4n) is 2.21. The summed E-state index contributed by atoms with van der Waals surface area (Å²) in [6.07, 6.45) is 6.54. The molecule has 0 spiro atoms. The van der Waals surface area contributed by atoms with Gasteiger partial charge in [-0.05, 0) is 32.6 Å². The lowest BCUT2D eigenvalue weighted by Crippen LogP contribution is -2.32. The van der Waals surface area contributed by atoms with Crippen LogP contribution < -0.4 is 10.9 Å². The average Bonchev–Trinajstić information content (AvgIpc) is 2.35. The maximum Gasteiger partial charge on any atom is 0.293 e. The van der Waals surface area contributed by atoms with Crippen LogP contribution in [0.15, 0.2) is 17.2 Å². The molecule has 0 saturated heterocycles. The molecule has 2 N–H and O–H groups in total. The molecule has 0 bridgehead atoms. The van der Waals surface area contributed by atoms with Crippen LogP contribution >= 0.6 is 0 Å². The summed E-state index contributed by atoms with van der Waals surface area (Å²) in [6.45, 7) is 2.58. The van der Waals surface area contributed by atoms with Crippen LogP contribution in [0.3, 0.4) is 0 Å². The Hall–Kier alpha value is -1.36. The molecular formula is C12H19N3O2. The van der Waals surface area contributed by atoms with Gasteiger partial charge in [-0.1, -0.05) is 0 Å². The SMILES string of the molecule is CCn1ccnc(NC2CCC(O)CC2)c1=O. The molecule has 5 heteroatoms. The summed E-state index contributed by atoms with van der Waals surface area (Å²) in [5, 5.41) is 12.6. The molecule has 1 saturated carbocycles. The largest absolute Gasteiger partial charge is 0.393 e. The van der Waals surface area contributed by atoms with Crippen LogP contribution in [-0.2, 0) is 6.54 Å². The second-order valence-electron chi connectivity index (χ2n) is 4.52. The molecule has 0 radical (unpaired) electrons. The molecule has 1 aromatic rings. The topological polar surface area (TPSA) is 67.2 Å². The first-order chi connectivity index (χ1) is 8.20. The lowest BCUT2D eigenvalue weighted by Gasteiger charge is -2.26. The molecular weight excluding hydrogens is 218 g/mol. The predicted molar refractivity (Wildman–Crippen MR) is 66.1 cm³/mol. The third kappa shape index (κ3) is 2.85. The summed E-state index contributed by atoms with van der Waals surface area (Å²) in [6, 6.07) is 0.256. The van der Waals surface area contributed by atoms with Gasteiger partial charge >= 0.3 is 0 Å². The molecule has 0 unspecified atom stereocenters. The highest BCUT2D eigenvalue weighted by atomic mass is 16.3. The van der Waals surface area contributed by atoms with Gasteiger partial charge in [0.2, 0.25) is 0 Å². The Labute approximate surface area is 100 Å². The van der Waals surface area contributed by atoms with Gasteiger partial charge in [0.05, 0.1) is 6.10 Å². The van der Waals surface area contributed by atoms with Gasteiger partial charge in [-0.2, -0.15) is 0 Å². The zero-order valence-electron chi connectivity index (χ0n) is 10.1. The monoisotopic (exact) mass is 237 g/mol. The van der Waals surface area contributed by atoms with Crippen LogP contribution in [0.2, 0.25) is 0 Å². The van der Waals surface area contributed by atoms with Gasteiger partial charge in [-0.25, -0.2) is 4.98 Å². The molecule has 94 valence electrons. The van der Waals surface area contributed by atoms with E-state index in [1.54, 1.807) is 17.0 Å². The van der Waals surface area contributed by atoms with Crippen LogP contribution in [0.5, 0.6) is 0 Å². The van der Waals surface area contributed by atoms with Crippen LogP contribution in [0.4, 0.5) is 5.82 Å². The summed E-state index contributed by atoms with van der Waals surface area (Å²) in [5.74, 6) is 0.427. The average molecular weight is 237 g/mol. The highest BCUT2D eigenvalue weighted by Crippen LogP contribution is 2.20. The van der Waals surface area contributed by atoms with Crippen LogP contribution in [-0.4, -0.2) is 26.8 Å². The van der Waals surface area contributed by atoms with Crippen molar-refractivity contribution >= 4 is 5.82 Å². The number of aliphatic hydroxyl groups excluding tert-OH is 1. The Morgan fingerprint density at radius 1 is 1.47 bits per heavy atom. The maximum atomic E-state index is 11.9. The lowest BCUT2D eigenvalue weighted by molar-refractivity contribution is 0.126. The zero-order valence-corrected chi connectivity index (χ0v) is 10.1. The quantitative estimate of drug-likeness (QED) is 0.822. The van der Waals surface area contributed by atoms with Gasteiger partial charge in [-0.15, -0.1) is 0 Å². The number of hydrogen-bond acceptors (Lipinski definition) is 4. The Morgan fingerprint density at radius 3 is 2.82 bits per heavy atom. The molecule has 1 fully saturated rings. The number of hydrogen-bond donors (Lipinski definition) is 2. The Balaban J connectivity index is 2.06. The fraction of sp³-hybridized carbons (Fsp3) is 0.667. The molecule has 1 heterocycles. The zero-order chi connectivity index (χ0) is 12.3. The van der Waals surface area contributed by atoms with Crippen LogP contribution in [0, 0.1) is 0 Å². The Bertz CT molecular complexity index is 422. The van der Waals surface area contributed by atoms with Crippen LogP contribution in [0.1, 0.15) is 32.6 Å². The van der Waals surface area contributed by atoms with Crippen LogP contribution in [0.25, 0.3) is 0 Å². The van der Waals surface area contributed by atoms with E-state index < -0.39 is 0 Å². The number of aliphatic hydroxyl groups is 1. The Morgan fingerprint density at radius 2 is 2.18 bits per heavy atom. The first kappa shape index (κ1) is 12.1. The number of anilines is 1. The molecule has 1 aliphatic rings. The molecule has 0 aliphatic heterocycles. The van der Waals surface area contributed by atoms with E-state index in [1.165, 1.54) is 0 Å².